The van der Waals surface area contributed by atoms with Crippen LogP contribution in [0.15, 0.2) is 23.4 Å². The highest BCUT2D eigenvalue weighted by Gasteiger charge is 2.19. The molecule has 0 spiro atoms. The molecule has 0 atom stereocenters. The molecule has 0 saturated heterocycles. The van der Waals surface area contributed by atoms with Crippen molar-refractivity contribution in [3.63, 3.8) is 0 Å². The van der Waals surface area contributed by atoms with Crippen molar-refractivity contribution < 1.29 is 14.4 Å². The topological polar surface area (TPSA) is 71.0 Å². The normalized spacial score (nSPS) is 11.1. The predicted octanol–water partition coefficient (Wildman–Crippen LogP) is 4.09. The van der Waals surface area contributed by atoms with Crippen molar-refractivity contribution in [2.75, 3.05) is 19.2 Å². The number of nitrogens with zero attached hydrogens (tertiary/aromatic N) is 2. The molecular formula is C13H15Cl2N3O3S2. The molecule has 0 bridgehead atoms. The van der Waals surface area contributed by atoms with Gasteiger partial charge in [-0.05, 0) is 37.3 Å². The van der Waals surface area contributed by atoms with Crippen LogP contribution < -0.4 is 5.32 Å². The highest BCUT2D eigenvalue weighted by molar-refractivity contribution is 8.13. The molecule has 0 heterocycles. The van der Waals surface area contributed by atoms with Crippen molar-refractivity contribution in [3.05, 3.63) is 33.8 Å². The molecule has 1 aromatic rings. The number of rotatable bonds is 5. The molecule has 1 aromatic carbocycles. The number of carbonyl (C=O) groups is 2. The predicted molar refractivity (Wildman–Crippen MR) is 97.3 cm³/mol. The molecule has 10 heteroatoms. The zero-order valence-electron chi connectivity index (χ0n) is 12.6. The van der Waals surface area contributed by atoms with Crippen molar-refractivity contribution in [2.45, 2.75) is 6.92 Å². The Bertz CT molecular complexity index is 594. The summed E-state index contributed by atoms with van der Waals surface area (Å²) in [5.74, 6) is -0.242. The fourth-order valence-electron chi connectivity index (χ4n) is 1.28. The number of thioether (sulfide) groups is 1. The van der Waals surface area contributed by atoms with Gasteiger partial charge in [-0.1, -0.05) is 34.4 Å². The van der Waals surface area contributed by atoms with Gasteiger partial charge < -0.3 is 5.32 Å². The van der Waals surface area contributed by atoms with E-state index in [0.29, 0.717) is 5.04 Å². The largest absolute Gasteiger partial charge is 0.434 e. The van der Waals surface area contributed by atoms with Crippen LogP contribution in [0.2, 0.25) is 10.0 Å². The maximum absolute atomic E-state index is 12.3. The minimum atomic E-state index is -0.706. The average Bonchev–Trinajstić information content (AvgIpc) is 2.52. The van der Waals surface area contributed by atoms with E-state index in [-0.39, 0.29) is 27.4 Å². The number of benzene rings is 1. The van der Waals surface area contributed by atoms with Gasteiger partial charge in [0.1, 0.15) is 5.04 Å². The van der Waals surface area contributed by atoms with Crippen molar-refractivity contribution in [1.29, 1.82) is 0 Å². The Morgan fingerprint density at radius 1 is 1.35 bits per heavy atom. The molecule has 0 aliphatic carbocycles. The fourth-order valence-corrected chi connectivity index (χ4v) is 2.54. The quantitative estimate of drug-likeness (QED) is 0.203. The summed E-state index contributed by atoms with van der Waals surface area (Å²) in [6, 6.07) is 4.82. The maximum atomic E-state index is 12.3. The number of oxime groups is 1. The van der Waals surface area contributed by atoms with Gasteiger partial charge in [0.15, 0.2) is 0 Å². The third kappa shape index (κ3) is 6.50. The zero-order valence-corrected chi connectivity index (χ0v) is 15.8. The number of halogens is 2. The molecular weight excluding hydrogens is 381 g/mol. The average molecular weight is 396 g/mol. The molecule has 0 saturated carbocycles. The summed E-state index contributed by atoms with van der Waals surface area (Å²) < 4.78 is 1.32. The smallest absolute Gasteiger partial charge is 0.309 e. The van der Waals surface area contributed by atoms with Crippen LogP contribution in [0.5, 0.6) is 0 Å². The molecule has 23 heavy (non-hydrogen) atoms. The first-order valence-corrected chi connectivity index (χ1v) is 9.17. The Morgan fingerprint density at radius 2 is 1.96 bits per heavy atom. The Morgan fingerprint density at radius 3 is 2.52 bits per heavy atom. The first-order chi connectivity index (χ1) is 10.9. The van der Waals surface area contributed by atoms with Gasteiger partial charge in [0.2, 0.25) is 0 Å². The highest BCUT2D eigenvalue weighted by atomic mass is 35.5. The lowest BCUT2D eigenvalue weighted by Gasteiger charge is -2.17. The standard InChI is InChI=1S/C13H15Cl2N3O3S2/c1-8(22-3)17-21-13(20)16-7-23-18(2)12(19)11-9(14)5-4-6-10(11)15/h4-6H,7H2,1-3H3,(H,16,20)/b17-8+. The van der Waals surface area contributed by atoms with E-state index in [1.54, 1.807) is 32.2 Å². The number of nitrogens with one attached hydrogen (secondary N) is 1. The number of amides is 2. The summed E-state index contributed by atoms with van der Waals surface area (Å²) in [5.41, 5.74) is 0.216. The monoisotopic (exact) mass is 395 g/mol. The molecule has 0 aliphatic rings. The zero-order chi connectivity index (χ0) is 17.4. The summed E-state index contributed by atoms with van der Waals surface area (Å²) in [5, 5.41) is 7.20. The van der Waals surface area contributed by atoms with E-state index in [1.807, 2.05) is 6.26 Å². The van der Waals surface area contributed by atoms with E-state index in [4.69, 9.17) is 23.2 Å². The lowest BCUT2D eigenvalue weighted by Crippen LogP contribution is -2.27. The van der Waals surface area contributed by atoms with Crippen LogP contribution in [-0.2, 0) is 4.84 Å². The fraction of sp³-hybridized carbons (Fsp3) is 0.308. The molecule has 1 rings (SSSR count). The molecule has 0 radical (unpaired) electrons. The van der Waals surface area contributed by atoms with Crippen molar-refractivity contribution in [1.82, 2.24) is 9.62 Å². The molecule has 0 aliphatic heterocycles. The van der Waals surface area contributed by atoms with E-state index in [9.17, 15) is 9.59 Å². The van der Waals surface area contributed by atoms with Gasteiger partial charge in [0.05, 0.1) is 21.5 Å². The number of hydrogen-bond acceptors (Lipinski definition) is 6. The van der Waals surface area contributed by atoms with Crippen LogP contribution in [0.4, 0.5) is 4.79 Å². The van der Waals surface area contributed by atoms with Crippen LogP contribution in [-0.4, -0.2) is 40.5 Å². The maximum Gasteiger partial charge on any atom is 0.434 e. The molecule has 0 fully saturated rings. The first kappa shape index (κ1) is 20.0. The van der Waals surface area contributed by atoms with Gasteiger partial charge in [0, 0.05) is 7.05 Å². The minimum absolute atomic E-state index is 0.122. The summed E-state index contributed by atoms with van der Waals surface area (Å²) in [7, 11) is 1.55. The molecule has 1 N–H and O–H groups in total. The van der Waals surface area contributed by atoms with Crippen LogP contribution in [0, 0.1) is 0 Å². The Labute approximate surface area is 153 Å². The Balaban J connectivity index is 2.49. The van der Waals surface area contributed by atoms with Gasteiger partial charge in [-0.25, -0.2) is 4.79 Å². The van der Waals surface area contributed by atoms with Gasteiger partial charge in [-0.15, -0.1) is 11.8 Å². The SMILES string of the molecule is CS/C(C)=N/OC(=O)NCSN(C)C(=O)c1c(Cl)cccc1Cl. The van der Waals surface area contributed by atoms with Gasteiger partial charge in [0.25, 0.3) is 5.91 Å². The summed E-state index contributed by atoms with van der Waals surface area (Å²) in [6.07, 6.45) is 1.11. The van der Waals surface area contributed by atoms with E-state index in [1.165, 1.54) is 16.1 Å². The van der Waals surface area contributed by atoms with E-state index in [2.05, 4.69) is 15.3 Å². The third-order valence-electron chi connectivity index (χ3n) is 2.49. The van der Waals surface area contributed by atoms with Crippen LogP contribution >= 0.6 is 46.9 Å². The summed E-state index contributed by atoms with van der Waals surface area (Å²) in [6.45, 7) is 1.71. The first-order valence-electron chi connectivity index (χ1n) is 6.25. The van der Waals surface area contributed by atoms with Gasteiger partial charge in [-0.3, -0.25) is 13.9 Å². The number of hydrogen-bond donors (Lipinski definition) is 1. The Kier molecular flexibility index (Phi) is 8.60. The minimum Gasteiger partial charge on any atom is -0.309 e. The second kappa shape index (κ2) is 9.92. The van der Waals surface area contributed by atoms with E-state index >= 15 is 0 Å². The Hall–Kier alpha value is -1.09. The molecule has 0 unspecified atom stereocenters. The van der Waals surface area contributed by atoms with Crippen molar-refractivity contribution in [2.24, 2.45) is 5.16 Å². The molecule has 6 nitrogen and oxygen atoms in total. The van der Waals surface area contributed by atoms with Crippen molar-refractivity contribution in [3.8, 4) is 0 Å². The van der Waals surface area contributed by atoms with Gasteiger partial charge in [-0.2, -0.15) is 0 Å². The van der Waals surface area contributed by atoms with Crippen LogP contribution in [0.25, 0.3) is 0 Å². The summed E-state index contributed by atoms with van der Waals surface area (Å²) in [4.78, 5) is 28.3. The lowest BCUT2D eigenvalue weighted by molar-refractivity contribution is 0.0891. The van der Waals surface area contributed by atoms with Crippen LogP contribution in [0.1, 0.15) is 17.3 Å². The van der Waals surface area contributed by atoms with Crippen LogP contribution in [0.3, 0.4) is 0 Å². The van der Waals surface area contributed by atoms with E-state index < -0.39 is 6.09 Å². The van der Waals surface area contributed by atoms with Crippen molar-refractivity contribution >= 4 is 64.0 Å². The molecule has 126 valence electrons. The second-order valence-corrected chi connectivity index (χ2v) is 6.95. The highest BCUT2D eigenvalue weighted by Crippen LogP contribution is 2.26. The second-order valence-electron chi connectivity index (χ2n) is 4.04. The number of carbonyl (C=O) groups excluding carboxylic acids is 2. The molecule has 0 aromatic heterocycles. The molecule has 2 amide bonds. The van der Waals surface area contributed by atoms with E-state index in [0.717, 1.165) is 11.9 Å². The summed E-state index contributed by atoms with van der Waals surface area (Å²) >= 11 is 14.4. The van der Waals surface area contributed by atoms with Gasteiger partial charge >= 0.3 is 6.09 Å². The lowest BCUT2D eigenvalue weighted by atomic mass is 10.2. The third-order valence-corrected chi connectivity index (χ3v) is 4.61.